The molecule has 0 aliphatic carbocycles. The number of rotatable bonds is 5. The van der Waals surface area contributed by atoms with Crippen molar-refractivity contribution in [1.82, 2.24) is 0 Å². The van der Waals surface area contributed by atoms with Gasteiger partial charge in [0.05, 0.1) is 0 Å². The lowest BCUT2D eigenvalue weighted by molar-refractivity contribution is 0.0980. The van der Waals surface area contributed by atoms with Crippen LogP contribution in [0.2, 0.25) is 0 Å². The first-order valence-electron chi connectivity index (χ1n) is 8.56. The average molecular weight is 324 g/mol. The van der Waals surface area contributed by atoms with Crippen LogP contribution >= 0.6 is 0 Å². The molecule has 0 spiro atoms. The van der Waals surface area contributed by atoms with Crippen molar-refractivity contribution >= 4 is 5.78 Å². The van der Waals surface area contributed by atoms with Crippen molar-refractivity contribution in [3.05, 3.63) is 107 Å². The molecule has 0 radical (unpaired) electrons. The molecular formula is C24H20O. The van der Waals surface area contributed by atoms with Gasteiger partial charge < -0.3 is 0 Å². The van der Waals surface area contributed by atoms with Crippen molar-refractivity contribution in [3.8, 4) is 11.8 Å². The van der Waals surface area contributed by atoms with Crippen LogP contribution < -0.4 is 0 Å². The lowest BCUT2D eigenvalue weighted by Crippen LogP contribution is -2.02. The van der Waals surface area contributed by atoms with Gasteiger partial charge in [0.15, 0.2) is 5.78 Å². The first-order chi connectivity index (χ1) is 12.3. The summed E-state index contributed by atoms with van der Waals surface area (Å²) < 4.78 is 0. The van der Waals surface area contributed by atoms with Gasteiger partial charge in [0, 0.05) is 23.1 Å². The van der Waals surface area contributed by atoms with E-state index in [0.717, 1.165) is 29.5 Å². The highest BCUT2D eigenvalue weighted by molar-refractivity contribution is 5.98. The maximum atomic E-state index is 12.6. The maximum absolute atomic E-state index is 12.6. The first kappa shape index (κ1) is 16.7. The van der Waals surface area contributed by atoms with Crippen molar-refractivity contribution in [1.29, 1.82) is 0 Å². The fourth-order valence-corrected chi connectivity index (χ4v) is 2.73. The monoisotopic (exact) mass is 324 g/mol. The number of carbonyl (C=O) groups excluding carboxylic acids is 1. The minimum absolute atomic E-state index is 0.161. The first-order valence-corrected chi connectivity index (χ1v) is 8.56. The van der Waals surface area contributed by atoms with Gasteiger partial charge >= 0.3 is 0 Å². The molecule has 0 bridgehead atoms. The van der Waals surface area contributed by atoms with Crippen LogP contribution in [0.15, 0.2) is 84.9 Å². The zero-order chi connectivity index (χ0) is 17.3. The summed E-state index contributed by atoms with van der Waals surface area (Å²) in [6.07, 6.45) is 2.31. The number of Topliss-reactive ketones (excluding diaryl/α,β-unsaturated/α-hetero) is 1. The van der Waals surface area contributed by atoms with Crippen molar-refractivity contribution in [2.24, 2.45) is 0 Å². The molecule has 122 valence electrons. The van der Waals surface area contributed by atoms with E-state index in [9.17, 15) is 4.79 Å². The summed E-state index contributed by atoms with van der Waals surface area (Å²) in [5, 5.41) is 0. The predicted molar refractivity (Wildman–Crippen MR) is 103 cm³/mol. The molecule has 0 aliphatic heterocycles. The van der Waals surface area contributed by atoms with Gasteiger partial charge in [0.2, 0.25) is 0 Å². The SMILES string of the molecule is O=C(CCCc1ccccc1)c1ccccc1C#Cc1ccccc1. The number of benzene rings is 3. The zero-order valence-corrected chi connectivity index (χ0v) is 14.1. The third-order valence-corrected chi connectivity index (χ3v) is 4.05. The van der Waals surface area contributed by atoms with Crippen LogP contribution in [0.5, 0.6) is 0 Å². The van der Waals surface area contributed by atoms with Crippen LogP contribution in [-0.4, -0.2) is 5.78 Å². The van der Waals surface area contributed by atoms with Crippen LogP contribution in [-0.2, 0) is 6.42 Å². The van der Waals surface area contributed by atoms with Crippen molar-refractivity contribution in [2.45, 2.75) is 19.3 Å². The van der Waals surface area contributed by atoms with Crippen LogP contribution in [0.3, 0.4) is 0 Å². The molecule has 1 nitrogen and oxygen atoms in total. The van der Waals surface area contributed by atoms with Crippen LogP contribution in [0.1, 0.15) is 39.9 Å². The van der Waals surface area contributed by atoms with Gasteiger partial charge in [-0.15, -0.1) is 0 Å². The quantitative estimate of drug-likeness (QED) is 0.460. The van der Waals surface area contributed by atoms with Crippen LogP contribution in [0, 0.1) is 11.8 Å². The summed E-state index contributed by atoms with van der Waals surface area (Å²) in [5.41, 5.74) is 3.75. The number of aryl methyl sites for hydroxylation is 1. The van der Waals surface area contributed by atoms with Crippen molar-refractivity contribution in [3.63, 3.8) is 0 Å². The molecule has 3 aromatic rings. The Balaban J connectivity index is 1.68. The van der Waals surface area contributed by atoms with E-state index < -0.39 is 0 Å². The van der Waals surface area contributed by atoms with Crippen LogP contribution in [0.25, 0.3) is 0 Å². The molecule has 0 aromatic heterocycles. The molecule has 3 rings (SSSR count). The van der Waals surface area contributed by atoms with Gasteiger partial charge in [-0.05, 0) is 36.6 Å². The zero-order valence-electron chi connectivity index (χ0n) is 14.1. The van der Waals surface area contributed by atoms with E-state index in [-0.39, 0.29) is 5.78 Å². The Labute approximate surface area is 149 Å². The molecular weight excluding hydrogens is 304 g/mol. The highest BCUT2D eigenvalue weighted by Gasteiger charge is 2.09. The van der Waals surface area contributed by atoms with E-state index in [1.54, 1.807) is 0 Å². The molecule has 1 heteroatoms. The Morgan fingerprint density at radius 1 is 0.720 bits per heavy atom. The number of carbonyl (C=O) groups is 1. The number of hydrogen-bond acceptors (Lipinski definition) is 1. The Morgan fingerprint density at radius 2 is 1.36 bits per heavy atom. The van der Waals surface area contributed by atoms with E-state index in [1.807, 2.05) is 72.8 Å². The highest BCUT2D eigenvalue weighted by atomic mass is 16.1. The summed E-state index contributed by atoms with van der Waals surface area (Å²) in [4.78, 5) is 12.6. The molecule has 0 fully saturated rings. The number of ketones is 1. The molecule has 0 atom stereocenters. The molecule has 0 aliphatic rings. The Hall–Kier alpha value is -3.11. The summed E-state index contributed by atoms with van der Waals surface area (Å²) in [6.45, 7) is 0. The van der Waals surface area contributed by atoms with Gasteiger partial charge in [-0.3, -0.25) is 4.79 Å². The van der Waals surface area contributed by atoms with E-state index in [1.165, 1.54) is 5.56 Å². The highest BCUT2D eigenvalue weighted by Crippen LogP contribution is 2.13. The minimum atomic E-state index is 0.161. The van der Waals surface area contributed by atoms with Gasteiger partial charge in [-0.25, -0.2) is 0 Å². The number of hydrogen-bond donors (Lipinski definition) is 0. The second kappa shape index (κ2) is 8.66. The Morgan fingerprint density at radius 3 is 2.12 bits per heavy atom. The summed E-state index contributed by atoms with van der Waals surface area (Å²) >= 11 is 0. The van der Waals surface area contributed by atoms with Crippen molar-refractivity contribution < 1.29 is 4.79 Å². The van der Waals surface area contributed by atoms with E-state index in [0.29, 0.717) is 6.42 Å². The Kier molecular flexibility index (Phi) is 5.80. The molecule has 0 unspecified atom stereocenters. The molecule has 0 saturated heterocycles. The topological polar surface area (TPSA) is 17.1 Å². The summed E-state index contributed by atoms with van der Waals surface area (Å²) in [7, 11) is 0. The van der Waals surface area contributed by atoms with Gasteiger partial charge in [0.1, 0.15) is 0 Å². The van der Waals surface area contributed by atoms with E-state index in [4.69, 9.17) is 0 Å². The molecule has 25 heavy (non-hydrogen) atoms. The largest absolute Gasteiger partial charge is 0.294 e. The lowest BCUT2D eigenvalue weighted by Gasteiger charge is -2.04. The van der Waals surface area contributed by atoms with Crippen LogP contribution in [0.4, 0.5) is 0 Å². The molecule has 0 amide bonds. The molecule has 0 N–H and O–H groups in total. The third-order valence-electron chi connectivity index (χ3n) is 4.05. The average Bonchev–Trinajstić information content (AvgIpc) is 2.68. The van der Waals surface area contributed by atoms with Crippen molar-refractivity contribution in [2.75, 3.05) is 0 Å². The fraction of sp³-hybridized carbons (Fsp3) is 0.125. The molecule has 3 aromatic carbocycles. The van der Waals surface area contributed by atoms with E-state index >= 15 is 0 Å². The predicted octanol–water partition coefficient (Wildman–Crippen LogP) is 5.29. The van der Waals surface area contributed by atoms with Gasteiger partial charge in [-0.2, -0.15) is 0 Å². The molecule has 0 heterocycles. The standard InChI is InChI=1S/C24H20O/c25-24(17-9-14-20-10-3-1-4-11-20)23-16-8-7-15-22(23)19-18-21-12-5-2-6-13-21/h1-8,10-13,15-16H,9,14,17H2. The van der Waals surface area contributed by atoms with E-state index in [2.05, 4.69) is 24.0 Å². The van der Waals surface area contributed by atoms with Gasteiger partial charge in [-0.1, -0.05) is 78.6 Å². The third kappa shape index (κ3) is 4.93. The molecule has 0 saturated carbocycles. The maximum Gasteiger partial charge on any atom is 0.164 e. The van der Waals surface area contributed by atoms with Gasteiger partial charge in [0.25, 0.3) is 0 Å². The second-order valence-electron chi connectivity index (χ2n) is 5.92. The normalized spacial score (nSPS) is 9.92. The fourth-order valence-electron chi connectivity index (χ4n) is 2.73. The lowest BCUT2D eigenvalue weighted by atomic mass is 9.98. The smallest absolute Gasteiger partial charge is 0.164 e. The second-order valence-corrected chi connectivity index (χ2v) is 5.92. The minimum Gasteiger partial charge on any atom is -0.294 e. The Bertz CT molecular complexity index is 883. The summed E-state index contributed by atoms with van der Waals surface area (Å²) in [5.74, 6) is 6.44. The summed E-state index contributed by atoms with van der Waals surface area (Å²) in [6, 6.07) is 27.7.